The first-order valence-electron chi connectivity index (χ1n) is 9.66. The van der Waals surface area contributed by atoms with E-state index in [4.69, 9.17) is 31.4 Å². The van der Waals surface area contributed by atoms with Gasteiger partial charge in [0.2, 0.25) is 0 Å². The van der Waals surface area contributed by atoms with Gasteiger partial charge in [-0.25, -0.2) is 19.3 Å². The van der Waals surface area contributed by atoms with Crippen LogP contribution < -0.4 is 33.2 Å². The minimum Gasteiger partial charge on any atom is -0.393 e. The summed E-state index contributed by atoms with van der Waals surface area (Å²) in [6, 6.07) is 2.66. The Kier molecular flexibility index (Phi) is 7.64. The van der Waals surface area contributed by atoms with Gasteiger partial charge in [0, 0.05) is 12.4 Å². The normalized spacial score (nSPS) is 28.6. The highest BCUT2D eigenvalue weighted by Gasteiger charge is 2.43. The van der Waals surface area contributed by atoms with Gasteiger partial charge in [-0.3, -0.25) is 0 Å². The highest BCUT2D eigenvalue weighted by molar-refractivity contribution is 5.24. The van der Waals surface area contributed by atoms with Gasteiger partial charge in [0.05, 0.1) is 13.2 Å². The minimum atomic E-state index is -1.48. The molecule has 0 spiro atoms. The zero-order chi connectivity index (χ0) is 25.2. The molecule has 4 heterocycles. The van der Waals surface area contributed by atoms with Crippen molar-refractivity contribution in [3.63, 3.8) is 0 Å². The van der Waals surface area contributed by atoms with Gasteiger partial charge in [0.1, 0.15) is 36.1 Å². The van der Waals surface area contributed by atoms with Crippen LogP contribution >= 0.6 is 0 Å². The van der Waals surface area contributed by atoms with E-state index in [0.29, 0.717) is 0 Å². The molecule has 0 unspecified atom stereocenters. The number of nitrogen functional groups attached to an aromatic ring is 2. The zero-order valence-electron chi connectivity index (χ0n) is 17.3. The summed E-state index contributed by atoms with van der Waals surface area (Å²) in [4.78, 5) is 39.8. The standard InChI is InChI=1S/2C8H12N4O5/c2*9-5-1-2-11(8(16)10-5)12-7(15)6(14)4(3-13)17-12/h2*1-2,4,6-7,13-15H,3H2,(H2,9,10,16)/t2*4-,6-,7-/m11/s1. The number of aliphatic hydroxyl groups is 6. The summed E-state index contributed by atoms with van der Waals surface area (Å²) in [5, 5.41) is 57.5. The van der Waals surface area contributed by atoms with Crippen LogP contribution in [0.25, 0.3) is 0 Å². The lowest BCUT2D eigenvalue weighted by Gasteiger charge is -2.21. The Hall–Kier alpha value is -3.36. The van der Waals surface area contributed by atoms with Crippen molar-refractivity contribution < 1.29 is 40.3 Å². The molecule has 0 amide bonds. The number of aliphatic hydroxyl groups excluding tert-OH is 6. The first kappa shape index (κ1) is 25.3. The second-order valence-electron chi connectivity index (χ2n) is 7.03. The largest absolute Gasteiger partial charge is 0.393 e. The van der Waals surface area contributed by atoms with Gasteiger partial charge >= 0.3 is 11.4 Å². The average Bonchev–Trinajstić information content (AvgIpc) is 3.24. The molecule has 10 N–H and O–H groups in total. The van der Waals surface area contributed by atoms with E-state index in [0.717, 1.165) is 19.7 Å². The second-order valence-corrected chi connectivity index (χ2v) is 7.03. The van der Waals surface area contributed by atoms with E-state index in [1.54, 1.807) is 0 Å². The van der Waals surface area contributed by atoms with Crippen molar-refractivity contribution in [3.05, 3.63) is 45.5 Å². The maximum absolute atomic E-state index is 11.5. The molecule has 2 saturated heterocycles. The minimum absolute atomic E-state index is 0.0270. The molecule has 18 heteroatoms. The van der Waals surface area contributed by atoms with E-state index in [-0.39, 0.29) is 11.6 Å². The molecule has 2 aliphatic heterocycles. The molecule has 4 rings (SSSR count). The summed E-state index contributed by atoms with van der Waals surface area (Å²) in [5.74, 6) is 0.0541. The molecular formula is C16H24N8O10. The van der Waals surface area contributed by atoms with Crippen LogP contribution in [-0.2, 0) is 9.68 Å². The van der Waals surface area contributed by atoms with Crippen LogP contribution in [0.5, 0.6) is 0 Å². The number of aromatic nitrogens is 4. The molecule has 0 saturated carbocycles. The highest BCUT2D eigenvalue weighted by Crippen LogP contribution is 2.18. The second kappa shape index (κ2) is 10.3. The highest BCUT2D eigenvalue weighted by atomic mass is 16.8. The van der Waals surface area contributed by atoms with Gasteiger partial charge in [-0.05, 0) is 12.1 Å². The number of hydroxylamine groups is 2. The molecule has 2 aromatic heterocycles. The Bertz CT molecular complexity index is 1010. The van der Waals surface area contributed by atoms with Gasteiger partial charge < -0.3 is 42.1 Å². The predicted octanol–water partition coefficient (Wildman–Crippen LogP) is -6.50. The predicted molar refractivity (Wildman–Crippen MR) is 110 cm³/mol. The molecule has 2 aromatic rings. The van der Waals surface area contributed by atoms with Gasteiger partial charge in [-0.2, -0.15) is 29.7 Å². The molecule has 2 fully saturated rings. The van der Waals surface area contributed by atoms with Crippen LogP contribution in [-0.4, -0.2) is 100 Å². The zero-order valence-corrected chi connectivity index (χ0v) is 17.3. The van der Waals surface area contributed by atoms with Crippen molar-refractivity contribution in [2.24, 2.45) is 0 Å². The first-order valence-corrected chi connectivity index (χ1v) is 9.66. The summed E-state index contributed by atoms with van der Waals surface area (Å²) < 4.78 is 1.69. The van der Waals surface area contributed by atoms with E-state index < -0.39 is 61.5 Å². The average molecular weight is 488 g/mol. The molecule has 188 valence electrons. The van der Waals surface area contributed by atoms with Crippen molar-refractivity contribution in [1.29, 1.82) is 0 Å². The lowest BCUT2D eigenvalue weighted by Crippen LogP contribution is -2.47. The van der Waals surface area contributed by atoms with Crippen LogP contribution in [0.15, 0.2) is 34.1 Å². The molecule has 0 aliphatic carbocycles. The number of hydrogen-bond donors (Lipinski definition) is 8. The van der Waals surface area contributed by atoms with Crippen molar-refractivity contribution in [2.45, 2.75) is 36.9 Å². The fraction of sp³-hybridized carbons (Fsp3) is 0.500. The Morgan fingerprint density at radius 3 is 1.38 bits per heavy atom. The van der Waals surface area contributed by atoms with Crippen molar-refractivity contribution in [2.75, 3.05) is 35.0 Å². The molecule has 0 bridgehead atoms. The summed E-state index contributed by atoms with van der Waals surface area (Å²) >= 11 is 0. The number of nitrogens with zero attached hydrogens (tertiary/aromatic N) is 6. The first-order chi connectivity index (χ1) is 16.1. The summed E-state index contributed by atoms with van der Waals surface area (Å²) in [6.07, 6.45) is -5.15. The van der Waals surface area contributed by atoms with Crippen LogP contribution in [0.4, 0.5) is 11.6 Å². The summed E-state index contributed by atoms with van der Waals surface area (Å²) in [7, 11) is 0. The van der Waals surface area contributed by atoms with Crippen molar-refractivity contribution in [3.8, 4) is 0 Å². The molecule has 18 nitrogen and oxygen atoms in total. The SMILES string of the molecule is Nc1ccn(N2O[C@H](CO)[C@@H](O)[C@H]2O)c(=O)n1.Nc1ccn(N2O[C@H](CO)[C@@H](O)[C@H]2O)c(=O)n1. The fourth-order valence-electron chi connectivity index (χ4n) is 2.93. The van der Waals surface area contributed by atoms with E-state index in [9.17, 15) is 30.0 Å². The lowest BCUT2D eigenvalue weighted by atomic mass is 10.2. The van der Waals surface area contributed by atoms with Crippen LogP contribution in [0.2, 0.25) is 0 Å². The number of nitrogens with two attached hydrogens (primary N) is 2. The van der Waals surface area contributed by atoms with Crippen molar-refractivity contribution in [1.82, 2.24) is 19.3 Å². The Labute approximate surface area is 189 Å². The van der Waals surface area contributed by atoms with Gasteiger partial charge in [-0.15, -0.1) is 0 Å². The molecule has 0 aromatic carbocycles. The van der Waals surface area contributed by atoms with E-state index in [1.807, 2.05) is 0 Å². The summed E-state index contributed by atoms with van der Waals surface area (Å²) in [5.41, 5.74) is 9.07. The van der Waals surface area contributed by atoms with Crippen LogP contribution in [0.1, 0.15) is 0 Å². The fourth-order valence-corrected chi connectivity index (χ4v) is 2.93. The number of hydrogen-bond acceptors (Lipinski definition) is 16. The Balaban J connectivity index is 0.000000191. The quantitative estimate of drug-likeness (QED) is 0.199. The maximum atomic E-state index is 11.5. The van der Waals surface area contributed by atoms with Crippen molar-refractivity contribution >= 4 is 11.6 Å². The third-order valence-corrected chi connectivity index (χ3v) is 4.71. The maximum Gasteiger partial charge on any atom is 0.370 e. The summed E-state index contributed by atoms with van der Waals surface area (Å²) in [6.45, 7) is -0.988. The molecule has 34 heavy (non-hydrogen) atoms. The van der Waals surface area contributed by atoms with E-state index in [2.05, 4.69) is 9.97 Å². The van der Waals surface area contributed by atoms with E-state index >= 15 is 0 Å². The van der Waals surface area contributed by atoms with Crippen LogP contribution in [0, 0.1) is 0 Å². The Morgan fingerprint density at radius 2 is 1.12 bits per heavy atom. The van der Waals surface area contributed by atoms with Gasteiger partial charge in [0.25, 0.3) is 0 Å². The molecule has 2 aliphatic rings. The molecular weight excluding hydrogens is 464 g/mol. The number of anilines is 2. The lowest BCUT2D eigenvalue weighted by molar-refractivity contribution is -0.0235. The third kappa shape index (κ3) is 4.93. The topological polar surface area (TPSA) is 268 Å². The Morgan fingerprint density at radius 1 is 0.765 bits per heavy atom. The monoisotopic (exact) mass is 488 g/mol. The molecule has 6 atom stereocenters. The number of rotatable bonds is 4. The van der Waals surface area contributed by atoms with Gasteiger partial charge in [-0.1, -0.05) is 0 Å². The smallest absolute Gasteiger partial charge is 0.370 e. The van der Waals surface area contributed by atoms with Crippen LogP contribution in [0.3, 0.4) is 0 Å². The molecule has 0 radical (unpaired) electrons. The third-order valence-electron chi connectivity index (χ3n) is 4.71. The van der Waals surface area contributed by atoms with E-state index in [1.165, 1.54) is 24.5 Å². The van der Waals surface area contributed by atoms with Gasteiger partial charge in [0.15, 0.2) is 12.5 Å².